The summed E-state index contributed by atoms with van der Waals surface area (Å²) >= 11 is 0. The Morgan fingerprint density at radius 3 is 0.780 bits per heavy atom. The molecule has 0 saturated carbocycles. The van der Waals surface area contributed by atoms with Crippen LogP contribution in [0.2, 0.25) is 0 Å². The van der Waals surface area contributed by atoms with Crippen molar-refractivity contribution >= 4 is 0 Å². The average molecular weight is 830 g/mol. The van der Waals surface area contributed by atoms with E-state index in [-0.39, 0.29) is 10.8 Å². The molecule has 0 aliphatic rings. The zero-order chi connectivity index (χ0) is 46.1. The van der Waals surface area contributed by atoms with Crippen LogP contribution in [0.4, 0.5) is 0 Å². The molecule has 15 heteroatoms. The van der Waals surface area contributed by atoms with Gasteiger partial charge >= 0.3 is 0 Å². The van der Waals surface area contributed by atoms with E-state index in [1.165, 1.54) is 32.1 Å². The summed E-state index contributed by atoms with van der Waals surface area (Å²) in [4.78, 5) is 0. The molecular weight excluding hydrogens is 739 g/mol. The third-order valence-electron chi connectivity index (χ3n) is 7.07. The lowest BCUT2D eigenvalue weighted by atomic mass is 9.97. The van der Waals surface area contributed by atoms with Gasteiger partial charge in [0.15, 0.2) is 0 Å². The van der Waals surface area contributed by atoms with E-state index in [0.29, 0.717) is 6.42 Å². The largest absolute Gasteiger partial charge is 0.252 e. The number of nitrogens with zero attached hydrogens (tertiary/aromatic N) is 12. The number of nitrogens with one attached hydrogen (secondary N) is 3. The molecule has 5 aromatic heterocycles. The summed E-state index contributed by atoms with van der Waals surface area (Å²) in [7, 11) is 0. The van der Waals surface area contributed by atoms with E-state index in [4.69, 9.17) is 0 Å². The molecule has 0 spiro atoms. The van der Waals surface area contributed by atoms with Crippen molar-refractivity contribution in [3.05, 3.63) is 61.0 Å². The maximum atomic E-state index is 4.22. The first-order valence-electron chi connectivity index (χ1n) is 21.8. The SMILES string of the molecule is CC(C)(C)Cn1cc(Cc2cn(CC(C)(C)C)nn2)nn1.CCC.CCC(C)C.CCC(C)C.CCC(C)C.CCC(C)C.c1cn[nH]n1.c1cn[nH]n1.c1cn[nH]n1. The molecule has 0 saturated heterocycles. The van der Waals surface area contributed by atoms with Crippen molar-refractivity contribution < 1.29 is 0 Å². The van der Waals surface area contributed by atoms with E-state index in [9.17, 15) is 0 Å². The Morgan fingerprint density at radius 1 is 0.441 bits per heavy atom. The first-order chi connectivity index (χ1) is 27.6. The lowest BCUT2D eigenvalue weighted by molar-refractivity contribution is 0.321. The van der Waals surface area contributed by atoms with Crippen LogP contribution in [0.25, 0.3) is 0 Å². The number of aromatic nitrogens is 15. The van der Waals surface area contributed by atoms with Gasteiger partial charge in [-0.05, 0) is 34.5 Å². The molecule has 0 fully saturated rings. The smallest absolute Gasteiger partial charge is 0.0887 e. The van der Waals surface area contributed by atoms with Crippen LogP contribution in [-0.2, 0) is 19.5 Å². The van der Waals surface area contributed by atoms with Crippen molar-refractivity contribution in [1.29, 1.82) is 0 Å². The van der Waals surface area contributed by atoms with Crippen molar-refractivity contribution in [3.8, 4) is 0 Å². The minimum atomic E-state index is 0.195. The van der Waals surface area contributed by atoms with E-state index < -0.39 is 0 Å². The van der Waals surface area contributed by atoms with Gasteiger partial charge in [-0.3, -0.25) is 9.36 Å². The molecule has 5 rings (SSSR count). The zero-order valence-corrected chi connectivity index (χ0v) is 41.5. The molecule has 15 nitrogen and oxygen atoms in total. The quantitative estimate of drug-likeness (QED) is 0.136. The lowest BCUT2D eigenvalue weighted by Crippen LogP contribution is -2.15. The Labute approximate surface area is 360 Å². The fourth-order valence-electron chi connectivity index (χ4n) is 2.65. The molecule has 5 heterocycles. The van der Waals surface area contributed by atoms with E-state index in [1.807, 2.05) is 21.8 Å². The zero-order valence-electron chi connectivity index (χ0n) is 41.5. The Hall–Kier alpha value is -4.30. The Morgan fingerprint density at radius 2 is 0.644 bits per heavy atom. The summed E-state index contributed by atoms with van der Waals surface area (Å²) in [5.41, 5.74) is 2.26. The van der Waals surface area contributed by atoms with E-state index >= 15 is 0 Å². The van der Waals surface area contributed by atoms with Gasteiger partial charge in [-0.1, -0.05) is 181 Å². The third kappa shape index (κ3) is 55.8. The van der Waals surface area contributed by atoms with Crippen LogP contribution in [0.3, 0.4) is 0 Å². The molecule has 342 valence electrons. The van der Waals surface area contributed by atoms with Crippen molar-refractivity contribution in [2.24, 2.45) is 34.5 Å². The van der Waals surface area contributed by atoms with Crippen molar-refractivity contribution in [2.45, 2.75) is 190 Å². The van der Waals surface area contributed by atoms with Crippen LogP contribution in [0.1, 0.15) is 182 Å². The summed E-state index contributed by atoms with van der Waals surface area (Å²) < 4.78 is 3.80. The monoisotopic (exact) mass is 830 g/mol. The third-order valence-corrected chi connectivity index (χ3v) is 7.07. The van der Waals surface area contributed by atoms with Crippen molar-refractivity contribution in [3.63, 3.8) is 0 Å². The molecule has 0 unspecified atom stereocenters. The van der Waals surface area contributed by atoms with Crippen LogP contribution in [0.15, 0.2) is 49.6 Å². The summed E-state index contributed by atoms with van der Waals surface area (Å²) in [6, 6.07) is 0. The second-order valence-corrected chi connectivity index (χ2v) is 18.0. The van der Waals surface area contributed by atoms with Gasteiger partial charge in [0.2, 0.25) is 0 Å². The molecule has 59 heavy (non-hydrogen) atoms. The molecule has 0 aliphatic carbocycles. The van der Waals surface area contributed by atoms with Gasteiger partial charge in [0.05, 0.1) is 48.6 Å². The van der Waals surface area contributed by atoms with Crippen molar-refractivity contribution in [1.82, 2.24) is 76.2 Å². The Bertz CT molecular complexity index is 1210. The highest BCUT2D eigenvalue weighted by molar-refractivity contribution is 5.07. The van der Waals surface area contributed by atoms with Crippen LogP contribution in [-0.4, -0.2) is 76.2 Å². The normalized spacial score (nSPS) is 10.2. The summed E-state index contributed by atoms with van der Waals surface area (Å²) in [5.74, 6) is 3.54. The van der Waals surface area contributed by atoms with Gasteiger partial charge in [0, 0.05) is 31.9 Å². The number of rotatable bonds is 8. The minimum absolute atomic E-state index is 0.195. The van der Waals surface area contributed by atoms with E-state index in [0.717, 1.165) is 48.1 Å². The second-order valence-electron chi connectivity index (χ2n) is 18.0. The van der Waals surface area contributed by atoms with Gasteiger partial charge < -0.3 is 0 Å². The Balaban J connectivity index is -0.000000327. The topological polar surface area (TPSA) is 186 Å². The van der Waals surface area contributed by atoms with E-state index in [2.05, 4.69) is 205 Å². The second kappa shape index (κ2) is 40.5. The molecule has 0 bridgehead atoms. The summed E-state index contributed by atoms with van der Waals surface area (Å²) in [5, 5.41) is 44.8. The van der Waals surface area contributed by atoms with Crippen molar-refractivity contribution in [2.75, 3.05) is 0 Å². The maximum absolute atomic E-state index is 4.22. The lowest BCUT2D eigenvalue weighted by Gasteiger charge is -2.16. The first kappa shape index (κ1) is 61.4. The predicted octanol–water partition coefficient (Wildman–Crippen LogP) is 11.6. The molecule has 3 N–H and O–H groups in total. The first-order valence-corrected chi connectivity index (χ1v) is 21.8. The van der Waals surface area contributed by atoms with Crippen LogP contribution < -0.4 is 0 Å². The van der Waals surface area contributed by atoms with Gasteiger partial charge in [-0.2, -0.15) is 46.2 Å². The summed E-state index contributed by atoms with van der Waals surface area (Å²) in [6.07, 6.45) is 20.6. The minimum Gasteiger partial charge on any atom is -0.252 e. The molecular formula is C44H91N15. The van der Waals surface area contributed by atoms with Gasteiger partial charge in [0.1, 0.15) is 0 Å². The number of hydrogen-bond donors (Lipinski definition) is 3. The molecule has 0 aromatic carbocycles. The van der Waals surface area contributed by atoms with Gasteiger partial charge in [0.25, 0.3) is 0 Å². The molecule has 0 atom stereocenters. The molecule has 0 aliphatic heterocycles. The van der Waals surface area contributed by atoms with Gasteiger partial charge in [-0.25, -0.2) is 0 Å². The standard InChI is InChI=1S/C15H26N6.4C5H12.C3H8.3C2H3N3/c1-14(2,3)10-20-8-12(16-18-20)7-13-9-21(19-17-13)11-15(4,5)6;4*1-4-5(2)3;1-3-2;3*1-2-4-5-3-1/h8-9H,7,10-11H2,1-6H3;4*5H,4H2,1-3H3;3H2,1-2H3;3*1-2H,(H,3,4,5). The predicted molar refractivity (Wildman–Crippen MR) is 247 cm³/mol. The number of hydrogen-bond acceptors (Lipinski definition) is 10. The maximum Gasteiger partial charge on any atom is 0.0887 e. The average Bonchev–Trinajstić information content (AvgIpc) is 4.01. The molecule has 0 radical (unpaired) electrons. The van der Waals surface area contributed by atoms with E-state index in [1.54, 1.807) is 37.2 Å². The highest BCUT2D eigenvalue weighted by Crippen LogP contribution is 2.17. The highest BCUT2D eigenvalue weighted by Gasteiger charge is 2.15. The Kier molecular flexibility index (Phi) is 42.1. The fraction of sp³-hybridized carbons (Fsp3) is 0.773. The highest BCUT2D eigenvalue weighted by atomic mass is 15.4. The van der Waals surface area contributed by atoms with Crippen LogP contribution in [0, 0.1) is 34.5 Å². The fourth-order valence-corrected chi connectivity index (χ4v) is 2.65. The van der Waals surface area contributed by atoms with Gasteiger partial charge in [-0.15, -0.1) is 10.2 Å². The number of aromatic amines is 3. The summed E-state index contributed by atoms with van der Waals surface area (Å²) in [6.45, 7) is 45.7. The number of H-pyrrole nitrogens is 3. The molecule has 5 aromatic rings. The van der Waals surface area contributed by atoms with Crippen LogP contribution in [0.5, 0.6) is 0 Å². The molecule has 0 amide bonds. The van der Waals surface area contributed by atoms with Crippen LogP contribution >= 0.6 is 0 Å².